The van der Waals surface area contributed by atoms with Gasteiger partial charge < -0.3 is 4.74 Å². The molecule has 0 heterocycles. The molecule has 0 amide bonds. The molecule has 0 radical (unpaired) electrons. The predicted molar refractivity (Wildman–Crippen MR) is 64.2 cm³/mol. The Kier molecular flexibility index (Phi) is 4.33. The van der Waals surface area contributed by atoms with E-state index in [1.54, 1.807) is 7.11 Å². The molecular weight excluding hydrogens is 256 g/mol. The average Bonchev–Trinajstić information content (AvgIpc) is 2.21. The molecule has 0 fully saturated rings. The van der Waals surface area contributed by atoms with Crippen molar-refractivity contribution < 1.29 is 9.53 Å². The topological polar surface area (TPSA) is 26.3 Å². The zero-order chi connectivity index (χ0) is 11.4. The molecule has 0 aromatic heterocycles. The van der Waals surface area contributed by atoms with E-state index in [0.717, 1.165) is 15.8 Å². The monoisotopic (exact) mass is 270 g/mol. The largest absolute Gasteiger partial charge is 0.497 e. The van der Waals surface area contributed by atoms with Crippen LogP contribution in [0.3, 0.4) is 0 Å². The molecule has 0 atom stereocenters. The van der Waals surface area contributed by atoms with Gasteiger partial charge in [-0.3, -0.25) is 4.79 Å². The van der Waals surface area contributed by atoms with Gasteiger partial charge in [-0.25, -0.2) is 0 Å². The van der Waals surface area contributed by atoms with Crippen LogP contribution >= 0.6 is 15.9 Å². The van der Waals surface area contributed by atoms with E-state index in [2.05, 4.69) is 15.9 Å². The van der Waals surface area contributed by atoms with E-state index in [1.165, 1.54) is 0 Å². The summed E-state index contributed by atoms with van der Waals surface area (Å²) in [6, 6.07) is 5.67. The van der Waals surface area contributed by atoms with Gasteiger partial charge in [0, 0.05) is 16.8 Å². The first-order chi connectivity index (χ1) is 7.04. The molecule has 3 heteroatoms. The molecule has 0 saturated carbocycles. The summed E-state index contributed by atoms with van der Waals surface area (Å²) in [7, 11) is 1.62. The highest BCUT2D eigenvalue weighted by atomic mass is 79.9. The Morgan fingerprint density at radius 2 is 2.13 bits per heavy atom. The van der Waals surface area contributed by atoms with Crippen LogP contribution in [0.2, 0.25) is 0 Å². The van der Waals surface area contributed by atoms with Gasteiger partial charge in [-0.15, -0.1) is 0 Å². The molecule has 15 heavy (non-hydrogen) atoms. The van der Waals surface area contributed by atoms with Crippen LogP contribution in [0, 0.1) is 5.92 Å². The minimum atomic E-state index is 0.0723. The third-order valence-corrected chi connectivity index (χ3v) is 3.04. The maximum atomic E-state index is 11.6. The van der Waals surface area contributed by atoms with Crippen LogP contribution in [0.1, 0.15) is 19.4 Å². The lowest BCUT2D eigenvalue weighted by Gasteiger charge is -2.08. The Hall–Kier alpha value is -0.830. The fraction of sp³-hybridized carbons (Fsp3) is 0.417. The van der Waals surface area contributed by atoms with Gasteiger partial charge in [0.25, 0.3) is 0 Å². The molecule has 0 spiro atoms. The summed E-state index contributed by atoms with van der Waals surface area (Å²) in [6.07, 6.45) is 0.454. The quantitative estimate of drug-likeness (QED) is 0.840. The van der Waals surface area contributed by atoms with Crippen molar-refractivity contribution in [2.45, 2.75) is 20.3 Å². The molecule has 0 saturated heterocycles. The Balaban J connectivity index is 2.88. The van der Waals surface area contributed by atoms with Crippen LogP contribution in [0.25, 0.3) is 0 Å². The fourth-order valence-electron chi connectivity index (χ4n) is 1.21. The molecule has 2 nitrogen and oxygen atoms in total. The molecular formula is C12H15BrO2. The number of benzene rings is 1. The Morgan fingerprint density at radius 3 is 2.67 bits per heavy atom. The van der Waals surface area contributed by atoms with Gasteiger partial charge >= 0.3 is 0 Å². The first kappa shape index (κ1) is 12.2. The molecule has 1 aromatic carbocycles. The zero-order valence-corrected chi connectivity index (χ0v) is 10.8. The SMILES string of the molecule is COc1ccc(Br)c(CC(=O)C(C)C)c1. The van der Waals surface area contributed by atoms with Crippen molar-refractivity contribution >= 4 is 21.7 Å². The number of carbonyl (C=O) groups excluding carboxylic acids is 1. The first-order valence-corrected chi connectivity index (χ1v) is 5.69. The molecule has 0 N–H and O–H groups in total. The van der Waals surface area contributed by atoms with E-state index in [4.69, 9.17) is 4.74 Å². The summed E-state index contributed by atoms with van der Waals surface area (Å²) in [5, 5.41) is 0. The highest BCUT2D eigenvalue weighted by molar-refractivity contribution is 9.10. The summed E-state index contributed by atoms with van der Waals surface area (Å²) in [4.78, 5) is 11.6. The number of ether oxygens (including phenoxy) is 1. The second-order valence-electron chi connectivity index (χ2n) is 3.76. The standard InChI is InChI=1S/C12H15BrO2/c1-8(2)12(14)7-9-6-10(15-3)4-5-11(9)13/h4-6,8H,7H2,1-3H3. The normalized spacial score (nSPS) is 10.5. The van der Waals surface area contributed by atoms with Crippen LogP contribution in [0.15, 0.2) is 22.7 Å². The van der Waals surface area contributed by atoms with Crippen LogP contribution in [0.5, 0.6) is 5.75 Å². The number of halogens is 1. The average molecular weight is 271 g/mol. The van der Waals surface area contributed by atoms with E-state index in [0.29, 0.717) is 6.42 Å². The molecule has 1 aromatic rings. The van der Waals surface area contributed by atoms with Crippen molar-refractivity contribution in [1.29, 1.82) is 0 Å². The van der Waals surface area contributed by atoms with E-state index < -0.39 is 0 Å². The number of hydrogen-bond donors (Lipinski definition) is 0. The Labute approximate surface area is 98.8 Å². The fourth-order valence-corrected chi connectivity index (χ4v) is 1.59. The van der Waals surface area contributed by atoms with Gasteiger partial charge in [0.1, 0.15) is 11.5 Å². The van der Waals surface area contributed by atoms with E-state index >= 15 is 0 Å². The van der Waals surface area contributed by atoms with Crippen molar-refractivity contribution in [3.63, 3.8) is 0 Å². The second-order valence-corrected chi connectivity index (χ2v) is 4.61. The number of Topliss-reactive ketones (excluding diaryl/α,β-unsaturated/α-hetero) is 1. The van der Waals surface area contributed by atoms with Gasteiger partial charge in [0.2, 0.25) is 0 Å². The Morgan fingerprint density at radius 1 is 1.47 bits per heavy atom. The van der Waals surface area contributed by atoms with Crippen LogP contribution in [-0.2, 0) is 11.2 Å². The van der Waals surface area contributed by atoms with Gasteiger partial charge in [-0.05, 0) is 23.8 Å². The van der Waals surface area contributed by atoms with Gasteiger partial charge in [-0.1, -0.05) is 29.8 Å². The molecule has 82 valence electrons. The molecule has 0 unspecified atom stereocenters. The van der Waals surface area contributed by atoms with Crippen LogP contribution in [-0.4, -0.2) is 12.9 Å². The van der Waals surface area contributed by atoms with Gasteiger partial charge in [0.15, 0.2) is 0 Å². The summed E-state index contributed by atoms with van der Waals surface area (Å²) >= 11 is 3.43. The van der Waals surface area contributed by atoms with Crippen molar-refractivity contribution in [3.05, 3.63) is 28.2 Å². The van der Waals surface area contributed by atoms with Crippen molar-refractivity contribution in [1.82, 2.24) is 0 Å². The van der Waals surface area contributed by atoms with Crippen LogP contribution < -0.4 is 4.74 Å². The number of rotatable bonds is 4. The maximum absolute atomic E-state index is 11.6. The van der Waals surface area contributed by atoms with Crippen molar-refractivity contribution in [2.24, 2.45) is 5.92 Å². The van der Waals surface area contributed by atoms with E-state index in [9.17, 15) is 4.79 Å². The molecule has 0 aliphatic heterocycles. The Bertz CT molecular complexity index is 359. The highest BCUT2D eigenvalue weighted by Crippen LogP contribution is 2.23. The smallest absolute Gasteiger partial charge is 0.139 e. The van der Waals surface area contributed by atoms with Crippen molar-refractivity contribution in [2.75, 3.05) is 7.11 Å². The minimum absolute atomic E-state index is 0.0723. The molecule has 0 aliphatic rings. The molecule has 0 aliphatic carbocycles. The lowest BCUT2D eigenvalue weighted by Crippen LogP contribution is -2.10. The van der Waals surface area contributed by atoms with E-state index in [-0.39, 0.29) is 11.7 Å². The summed E-state index contributed by atoms with van der Waals surface area (Å²) in [5.41, 5.74) is 0.980. The summed E-state index contributed by atoms with van der Waals surface area (Å²) in [5.74, 6) is 1.09. The molecule has 1 rings (SSSR count). The van der Waals surface area contributed by atoms with Crippen molar-refractivity contribution in [3.8, 4) is 5.75 Å². The lowest BCUT2D eigenvalue weighted by atomic mass is 10.0. The summed E-state index contributed by atoms with van der Waals surface area (Å²) in [6.45, 7) is 3.83. The highest BCUT2D eigenvalue weighted by Gasteiger charge is 2.11. The zero-order valence-electron chi connectivity index (χ0n) is 9.21. The number of methoxy groups -OCH3 is 1. The van der Waals surface area contributed by atoms with Gasteiger partial charge in [-0.2, -0.15) is 0 Å². The maximum Gasteiger partial charge on any atom is 0.139 e. The van der Waals surface area contributed by atoms with E-state index in [1.807, 2.05) is 32.0 Å². The third kappa shape index (κ3) is 3.34. The summed E-state index contributed by atoms with van der Waals surface area (Å²) < 4.78 is 6.08. The van der Waals surface area contributed by atoms with Crippen LogP contribution in [0.4, 0.5) is 0 Å². The third-order valence-electron chi connectivity index (χ3n) is 2.26. The van der Waals surface area contributed by atoms with Gasteiger partial charge in [0.05, 0.1) is 7.11 Å². The predicted octanol–water partition coefficient (Wildman–Crippen LogP) is 3.23. The molecule has 0 bridgehead atoms. The second kappa shape index (κ2) is 5.31. The first-order valence-electron chi connectivity index (χ1n) is 4.89. The number of carbonyl (C=O) groups is 1. The number of ketones is 1. The number of hydrogen-bond acceptors (Lipinski definition) is 2. The lowest BCUT2D eigenvalue weighted by molar-refractivity contribution is -0.121. The minimum Gasteiger partial charge on any atom is -0.497 e.